The molecule has 0 amide bonds. The summed E-state index contributed by atoms with van der Waals surface area (Å²) in [6.07, 6.45) is 4.51. The molecule has 1 rings (SSSR count). The van der Waals surface area contributed by atoms with Crippen LogP contribution in [0.5, 0.6) is 0 Å². The summed E-state index contributed by atoms with van der Waals surface area (Å²) in [4.78, 5) is 10.4. The molecule has 0 saturated heterocycles. The minimum atomic E-state index is 0.645. The Balaban J connectivity index is 2.69. The molecule has 0 saturated carbocycles. The Morgan fingerprint density at radius 1 is 1.38 bits per heavy atom. The summed E-state index contributed by atoms with van der Waals surface area (Å²) < 4.78 is 0. The molecule has 4 heteroatoms. The van der Waals surface area contributed by atoms with Crippen LogP contribution in [0.3, 0.4) is 0 Å². The zero-order valence-electron chi connectivity index (χ0n) is 8.20. The van der Waals surface area contributed by atoms with Crippen molar-refractivity contribution in [2.45, 2.75) is 13.3 Å². The molecule has 0 spiro atoms. The van der Waals surface area contributed by atoms with E-state index in [1.54, 1.807) is 0 Å². The lowest BCUT2D eigenvalue weighted by molar-refractivity contribution is 0.880. The van der Waals surface area contributed by atoms with Gasteiger partial charge in [-0.1, -0.05) is 0 Å². The largest absolute Gasteiger partial charge is 0.344 e. The third-order valence-corrected chi connectivity index (χ3v) is 1.94. The van der Waals surface area contributed by atoms with Gasteiger partial charge in [-0.25, -0.2) is 9.97 Å². The highest BCUT2D eigenvalue weighted by molar-refractivity contribution is 5.27. The average molecular weight is 180 g/mol. The molecule has 13 heavy (non-hydrogen) atoms. The van der Waals surface area contributed by atoms with Crippen LogP contribution in [0.4, 0.5) is 5.95 Å². The molecule has 0 atom stereocenters. The molecule has 4 nitrogen and oxygen atoms in total. The number of nitrogens with two attached hydrogens (primary N) is 1. The summed E-state index contributed by atoms with van der Waals surface area (Å²) >= 11 is 0. The predicted molar refractivity (Wildman–Crippen MR) is 53.7 cm³/mol. The second-order valence-corrected chi connectivity index (χ2v) is 2.94. The van der Waals surface area contributed by atoms with E-state index in [1.165, 1.54) is 0 Å². The Kier molecular flexibility index (Phi) is 3.64. The Hall–Kier alpha value is -1.16. The molecule has 2 N–H and O–H groups in total. The number of nitrogens with zero attached hydrogens (tertiary/aromatic N) is 3. The zero-order chi connectivity index (χ0) is 9.68. The lowest BCUT2D eigenvalue weighted by Gasteiger charge is -2.13. The first-order valence-corrected chi connectivity index (χ1v) is 4.50. The molecule has 0 aliphatic heterocycles. The third kappa shape index (κ3) is 2.66. The van der Waals surface area contributed by atoms with Crippen molar-refractivity contribution in [2.24, 2.45) is 5.73 Å². The first-order chi connectivity index (χ1) is 6.27. The standard InChI is InChI=1S/C9H16N4/c1-3-13(2)9-11-6-8(4-5-10)7-12-9/h6-7H,3-5,10H2,1-2H3. The van der Waals surface area contributed by atoms with E-state index < -0.39 is 0 Å². The zero-order valence-corrected chi connectivity index (χ0v) is 8.20. The van der Waals surface area contributed by atoms with Gasteiger partial charge in [-0.2, -0.15) is 0 Å². The molecule has 0 unspecified atom stereocenters. The monoisotopic (exact) mass is 180 g/mol. The Morgan fingerprint density at radius 3 is 2.46 bits per heavy atom. The number of aromatic nitrogens is 2. The lowest BCUT2D eigenvalue weighted by Crippen LogP contribution is -2.18. The lowest BCUT2D eigenvalue weighted by atomic mass is 10.2. The average Bonchev–Trinajstić information content (AvgIpc) is 2.18. The normalized spacial score (nSPS) is 10.1. The Morgan fingerprint density at radius 2 is 2.00 bits per heavy atom. The third-order valence-electron chi connectivity index (χ3n) is 1.94. The molecule has 1 aromatic rings. The van der Waals surface area contributed by atoms with Crippen molar-refractivity contribution in [3.8, 4) is 0 Å². The molecule has 1 heterocycles. The second kappa shape index (κ2) is 4.77. The van der Waals surface area contributed by atoms with Crippen LogP contribution in [0.2, 0.25) is 0 Å². The highest BCUT2D eigenvalue weighted by Crippen LogP contribution is 2.04. The van der Waals surface area contributed by atoms with E-state index in [-0.39, 0.29) is 0 Å². The van der Waals surface area contributed by atoms with Gasteiger partial charge in [0.05, 0.1) is 0 Å². The van der Waals surface area contributed by atoms with Gasteiger partial charge in [0.25, 0.3) is 0 Å². The van der Waals surface area contributed by atoms with Crippen LogP contribution >= 0.6 is 0 Å². The van der Waals surface area contributed by atoms with E-state index in [0.29, 0.717) is 6.54 Å². The highest BCUT2D eigenvalue weighted by Gasteiger charge is 2.00. The van der Waals surface area contributed by atoms with Crippen LogP contribution in [0.1, 0.15) is 12.5 Å². The van der Waals surface area contributed by atoms with Crippen molar-refractivity contribution >= 4 is 5.95 Å². The van der Waals surface area contributed by atoms with Crippen molar-refractivity contribution in [2.75, 3.05) is 25.0 Å². The summed E-state index contributed by atoms with van der Waals surface area (Å²) in [6, 6.07) is 0. The van der Waals surface area contributed by atoms with Gasteiger partial charge in [-0.15, -0.1) is 0 Å². The number of rotatable bonds is 4. The topological polar surface area (TPSA) is 55.0 Å². The van der Waals surface area contributed by atoms with Crippen LogP contribution in [-0.2, 0) is 6.42 Å². The summed E-state index contributed by atoms with van der Waals surface area (Å²) in [7, 11) is 1.97. The van der Waals surface area contributed by atoms with Crippen LogP contribution < -0.4 is 10.6 Å². The molecule has 72 valence electrons. The molecule has 0 aromatic carbocycles. The van der Waals surface area contributed by atoms with Crippen molar-refractivity contribution in [1.29, 1.82) is 0 Å². The maximum Gasteiger partial charge on any atom is 0.224 e. The summed E-state index contributed by atoms with van der Waals surface area (Å²) in [5.41, 5.74) is 6.51. The summed E-state index contributed by atoms with van der Waals surface area (Å²) in [6.45, 7) is 3.62. The highest BCUT2D eigenvalue weighted by atomic mass is 15.2. The maximum atomic E-state index is 5.42. The van der Waals surface area contributed by atoms with Gasteiger partial charge in [0.2, 0.25) is 5.95 Å². The molecular formula is C9H16N4. The van der Waals surface area contributed by atoms with Crippen LogP contribution in [0.25, 0.3) is 0 Å². The molecule has 0 bridgehead atoms. The number of anilines is 1. The molecule has 0 fully saturated rings. The van der Waals surface area contributed by atoms with E-state index in [2.05, 4.69) is 16.9 Å². The van der Waals surface area contributed by atoms with Crippen molar-refractivity contribution in [1.82, 2.24) is 9.97 Å². The Bertz CT molecular complexity index is 244. The van der Waals surface area contributed by atoms with Crippen molar-refractivity contribution < 1.29 is 0 Å². The Labute approximate surface area is 78.8 Å². The van der Waals surface area contributed by atoms with E-state index in [0.717, 1.165) is 24.5 Å². The van der Waals surface area contributed by atoms with E-state index in [4.69, 9.17) is 5.73 Å². The van der Waals surface area contributed by atoms with Gasteiger partial charge in [-0.3, -0.25) is 0 Å². The van der Waals surface area contributed by atoms with Crippen molar-refractivity contribution in [3.05, 3.63) is 18.0 Å². The number of hydrogen-bond donors (Lipinski definition) is 1. The predicted octanol–water partition coefficient (Wildman–Crippen LogP) is 0.434. The van der Waals surface area contributed by atoms with Gasteiger partial charge in [0.15, 0.2) is 0 Å². The van der Waals surface area contributed by atoms with Gasteiger partial charge >= 0.3 is 0 Å². The van der Waals surface area contributed by atoms with E-state index in [9.17, 15) is 0 Å². The van der Waals surface area contributed by atoms with Gasteiger partial charge < -0.3 is 10.6 Å². The molecule has 0 aliphatic rings. The fraction of sp³-hybridized carbons (Fsp3) is 0.556. The van der Waals surface area contributed by atoms with Crippen LogP contribution in [0, 0.1) is 0 Å². The maximum absolute atomic E-state index is 5.42. The molecule has 0 radical (unpaired) electrons. The van der Waals surface area contributed by atoms with Crippen molar-refractivity contribution in [3.63, 3.8) is 0 Å². The molecular weight excluding hydrogens is 164 g/mol. The molecule has 1 aromatic heterocycles. The molecule has 0 aliphatic carbocycles. The minimum absolute atomic E-state index is 0.645. The SMILES string of the molecule is CCN(C)c1ncc(CCN)cn1. The van der Waals surface area contributed by atoms with E-state index >= 15 is 0 Å². The fourth-order valence-corrected chi connectivity index (χ4v) is 0.982. The second-order valence-electron chi connectivity index (χ2n) is 2.94. The first-order valence-electron chi connectivity index (χ1n) is 4.50. The van der Waals surface area contributed by atoms with Crippen LogP contribution in [0.15, 0.2) is 12.4 Å². The quantitative estimate of drug-likeness (QED) is 0.730. The van der Waals surface area contributed by atoms with Gasteiger partial charge in [0.1, 0.15) is 0 Å². The summed E-state index contributed by atoms with van der Waals surface area (Å²) in [5, 5.41) is 0. The smallest absolute Gasteiger partial charge is 0.224 e. The number of hydrogen-bond acceptors (Lipinski definition) is 4. The minimum Gasteiger partial charge on any atom is -0.344 e. The van der Waals surface area contributed by atoms with Gasteiger partial charge in [0, 0.05) is 26.0 Å². The first kappa shape index (κ1) is 9.92. The summed E-state index contributed by atoms with van der Waals surface area (Å²) in [5.74, 6) is 0.767. The van der Waals surface area contributed by atoms with Crippen LogP contribution in [-0.4, -0.2) is 30.1 Å². The van der Waals surface area contributed by atoms with E-state index in [1.807, 2.05) is 24.3 Å². The van der Waals surface area contributed by atoms with Gasteiger partial charge in [-0.05, 0) is 25.5 Å². The fourth-order valence-electron chi connectivity index (χ4n) is 0.982.